The zero-order chi connectivity index (χ0) is 19.9. The second-order valence-electron chi connectivity index (χ2n) is 6.95. The normalized spacial score (nSPS) is 13.1. The van der Waals surface area contributed by atoms with Gasteiger partial charge in [0.15, 0.2) is 17.5 Å². The Morgan fingerprint density at radius 3 is 2.64 bits per heavy atom. The molecule has 0 fully saturated rings. The van der Waals surface area contributed by atoms with Crippen LogP contribution in [0.4, 0.5) is 4.39 Å². The molecule has 6 nitrogen and oxygen atoms in total. The molecule has 0 saturated heterocycles. The molecule has 0 spiro atoms. The second-order valence-corrected chi connectivity index (χ2v) is 6.95. The van der Waals surface area contributed by atoms with Crippen molar-refractivity contribution < 1.29 is 13.9 Å². The SMILES string of the molecule is CN=C(NCCc1ccc2c(c1)OCO2)NCc1ccc(F)c(CN(C)C)c1. The number of nitrogens with zero attached hydrogens (tertiary/aromatic N) is 2. The van der Waals surface area contributed by atoms with Crippen LogP contribution in [0.15, 0.2) is 41.4 Å². The Kier molecular flexibility index (Phi) is 6.71. The van der Waals surface area contributed by atoms with Crippen molar-refractivity contribution in [3.8, 4) is 11.5 Å². The number of fused-ring (bicyclic) bond motifs is 1. The molecule has 7 heteroatoms. The van der Waals surface area contributed by atoms with Gasteiger partial charge in [0.25, 0.3) is 0 Å². The summed E-state index contributed by atoms with van der Waals surface area (Å²) in [6.45, 7) is 2.16. The van der Waals surface area contributed by atoms with Gasteiger partial charge in [-0.2, -0.15) is 0 Å². The molecule has 0 aromatic heterocycles. The molecule has 1 aliphatic heterocycles. The fourth-order valence-electron chi connectivity index (χ4n) is 3.03. The number of benzene rings is 2. The summed E-state index contributed by atoms with van der Waals surface area (Å²) in [5.74, 6) is 2.12. The second kappa shape index (κ2) is 9.41. The Hall–Kier alpha value is -2.80. The molecule has 2 aromatic carbocycles. The van der Waals surface area contributed by atoms with Gasteiger partial charge in [-0.1, -0.05) is 12.1 Å². The first-order chi connectivity index (χ1) is 13.5. The number of hydrogen-bond donors (Lipinski definition) is 2. The molecular weight excluding hydrogens is 359 g/mol. The van der Waals surface area contributed by atoms with Gasteiger partial charge < -0.3 is 25.0 Å². The van der Waals surface area contributed by atoms with Crippen molar-refractivity contribution in [1.29, 1.82) is 0 Å². The topological polar surface area (TPSA) is 58.1 Å². The number of nitrogens with one attached hydrogen (secondary N) is 2. The zero-order valence-electron chi connectivity index (χ0n) is 16.6. The van der Waals surface area contributed by atoms with Crippen molar-refractivity contribution in [3.05, 3.63) is 58.9 Å². The summed E-state index contributed by atoms with van der Waals surface area (Å²) in [6, 6.07) is 11.2. The highest BCUT2D eigenvalue weighted by atomic mass is 19.1. The van der Waals surface area contributed by atoms with Crippen LogP contribution in [0.3, 0.4) is 0 Å². The Balaban J connectivity index is 1.48. The van der Waals surface area contributed by atoms with Crippen LogP contribution >= 0.6 is 0 Å². The quantitative estimate of drug-likeness (QED) is 0.566. The zero-order valence-corrected chi connectivity index (χ0v) is 16.6. The first-order valence-corrected chi connectivity index (χ1v) is 9.30. The van der Waals surface area contributed by atoms with Gasteiger partial charge in [-0.15, -0.1) is 0 Å². The van der Waals surface area contributed by atoms with Crippen molar-refractivity contribution in [1.82, 2.24) is 15.5 Å². The third-order valence-electron chi connectivity index (χ3n) is 4.42. The van der Waals surface area contributed by atoms with Crippen molar-refractivity contribution >= 4 is 5.96 Å². The summed E-state index contributed by atoms with van der Waals surface area (Å²) in [5.41, 5.74) is 2.87. The number of ether oxygens (including phenoxy) is 2. The molecule has 0 unspecified atom stereocenters. The van der Waals surface area contributed by atoms with Crippen molar-refractivity contribution in [2.45, 2.75) is 19.5 Å². The molecule has 28 heavy (non-hydrogen) atoms. The van der Waals surface area contributed by atoms with E-state index in [9.17, 15) is 4.39 Å². The van der Waals surface area contributed by atoms with E-state index in [4.69, 9.17) is 9.47 Å². The summed E-state index contributed by atoms with van der Waals surface area (Å²) < 4.78 is 24.6. The molecule has 0 atom stereocenters. The third kappa shape index (κ3) is 5.36. The Morgan fingerprint density at radius 2 is 1.86 bits per heavy atom. The maximum atomic E-state index is 13.9. The first-order valence-electron chi connectivity index (χ1n) is 9.30. The van der Waals surface area contributed by atoms with Crippen LogP contribution in [0.2, 0.25) is 0 Å². The summed E-state index contributed by atoms with van der Waals surface area (Å²) >= 11 is 0. The predicted molar refractivity (Wildman–Crippen MR) is 108 cm³/mol. The molecule has 0 aliphatic carbocycles. The number of guanidine groups is 1. The van der Waals surface area contributed by atoms with Crippen LogP contribution in [-0.2, 0) is 19.5 Å². The average molecular weight is 386 g/mol. The highest BCUT2D eigenvalue weighted by molar-refractivity contribution is 5.79. The summed E-state index contributed by atoms with van der Waals surface area (Å²) in [6.07, 6.45) is 0.834. The lowest BCUT2D eigenvalue weighted by Crippen LogP contribution is -2.37. The Morgan fingerprint density at radius 1 is 1.07 bits per heavy atom. The van der Waals surface area contributed by atoms with Gasteiger partial charge in [-0.25, -0.2) is 4.39 Å². The van der Waals surface area contributed by atoms with Gasteiger partial charge in [0.05, 0.1) is 0 Å². The number of rotatable bonds is 7. The molecule has 0 bridgehead atoms. The molecule has 3 rings (SSSR count). The van der Waals surface area contributed by atoms with Gasteiger partial charge in [0.1, 0.15) is 5.82 Å². The van der Waals surface area contributed by atoms with Gasteiger partial charge in [-0.3, -0.25) is 4.99 Å². The van der Waals surface area contributed by atoms with E-state index in [0.717, 1.165) is 30.0 Å². The standard InChI is InChI=1S/C21H27FN4O2/c1-23-21(24-9-8-15-5-7-19-20(11-15)28-14-27-19)25-12-16-4-6-18(22)17(10-16)13-26(2)3/h4-7,10-11H,8-9,12-14H2,1-3H3,(H2,23,24,25). The van der Waals surface area contributed by atoms with E-state index in [1.54, 1.807) is 13.1 Å². The lowest BCUT2D eigenvalue weighted by molar-refractivity contribution is 0.174. The van der Waals surface area contributed by atoms with E-state index in [0.29, 0.717) is 24.6 Å². The third-order valence-corrected chi connectivity index (χ3v) is 4.42. The molecule has 0 saturated carbocycles. The maximum absolute atomic E-state index is 13.9. The number of aliphatic imine (C=N–C) groups is 1. The number of halogens is 1. The van der Waals surface area contributed by atoms with E-state index in [2.05, 4.69) is 15.6 Å². The van der Waals surface area contributed by atoms with Crippen molar-refractivity contribution in [2.75, 3.05) is 34.5 Å². The van der Waals surface area contributed by atoms with E-state index >= 15 is 0 Å². The Labute approximate surface area is 165 Å². The van der Waals surface area contributed by atoms with Crippen molar-refractivity contribution in [3.63, 3.8) is 0 Å². The molecule has 2 aromatic rings. The number of hydrogen-bond acceptors (Lipinski definition) is 4. The minimum Gasteiger partial charge on any atom is -0.454 e. The van der Waals surface area contributed by atoms with E-state index < -0.39 is 0 Å². The first kappa shape index (κ1) is 19.9. The average Bonchev–Trinajstić information content (AvgIpc) is 3.14. The van der Waals surface area contributed by atoms with Crippen LogP contribution in [0, 0.1) is 5.82 Å². The molecule has 0 amide bonds. The maximum Gasteiger partial charge on any atom is 0.231 e. The molecule has 0 radical (unpaired) electrons. The van der Waals surface area contributed by atoms with Crippen LogP contribution in [-0.4, -0.2) is 45.3 Å². The molecule has 150 valence electrons. The fraction of sp³-hybridized carbons (Fsp3) is 0.381. The summed E-state index contributed by atoms with van der Waals surface area (Å²) in [7, 11) is 5.59. The summed E-state index contributed by atoms with van der Waals surface area (Å²) in [4.78, 5) is 6.20. The lowest BCUT2D eigenvalue weighted by Gasteiger charge is -2.14. The van der Waals surface area contributed by atoms with E-state index in [1.807, 2.05) is 43.3 Å². The van der Waals surface area contributed by atoms with Gasteiger partial charge in [0, 0.05) is 32.2 Å². The lowest BCUT2D eigenvalue weighted by atomic mass is 10.1. The van der Waals surface area contributed by atoms with Gasteiger partial charge in [-0.05, 0) is 55.9 Å². The van der Waals surface area contributed by atoms with Gasteiger partial charge in [0.2, 0.25) is 6.79 Å². The smallest absolute Gasteiger partial charge is 0.231 e. The fourth-order valence-corrected chi connectivity index (χ4v) is 3.03. The van der Waals surface area contributed by atoms with Gasteiger partial charge >= 0.3 is 0 Å². The molecule has 1 aliphatic rings. The minimum absolute atomic E-state index is 0.177. The monoisotopic (exact) mass is 386 g/mol. The molecule has 1 heterocycles. The van der Waals surface area contributed by atoms with E-state index in [-0.39, 0.29) is 12.6 Å². The molecule has 2 N–H and O–H groups in total. The van der Waals surface area contributed by atoms with Crippen molar-refractivity contribution in [2.24, 2.45) is 4.99 Å². The van der Waals surface area contributed by atoms with Crippen LogP contribution in [0.5, 0.6) is 11.5 Å². The minimum atomic E-state index is -0.177. The largest absolute Gasteiger partial charge is 0.454 e. The predicted octanol–water partition coefficient (Wildman–Crippen LogP) is 2.52. The Bertz CT molecular complexity index is 839. The highest BCUT2D eigenvalue weighted by Gasteiger charge is 2.13. The molecular formula is C21H27FN4O2. The highest BCUT2D eigenvalue weighted by Crippen LogP contribution is 2.32. The van der Waals surface area contributed by atoms with E-state index in [1.165, 1.54) is 11.6 Å². The van der Waals surface area contributed by atoms with Crippen LogP contribution in [0.25, 0.3) is 0 Å². The van der Waals surface area contributed by atoms with Crippen LogP contribution < -0.4 is 20.1 Å². The van der Waals surface area contributed by atoms with Crippen LogP contribution in [0.1, 0.15) is 16.7 Å². The summed E-state index contributed by atoms with van der Waals surface area (Å²) in [5, 5.41) is 6.57.